The van der Waals surface area contributed by atoms with E-state index in [0.29, 0.717) is 10.5 Å². The monoisotopic (exact) mass is 488 g/mol. The largest absolute Gasteiger partial charge is 2.00 e. The van der Waals surface area contributed by atoms with Crippen LogP contribution in [0.5, 0.6) is 0 Å². The van der Waals surface area contributed by atoms with Gasteiger partial charge in [0.1, 0.15) is 0 Å². The van der Waals surface area contributed by atoms with Crippen molar-refractivity contribution >= 4 is 23.5 Å². The molecule has 4 aliphatic rings. The van der Waals surface area contributed by atoms with E-state index in [9.17, 15) is 0 Å². The van der Waals surface area contributed by atoms with Gasteiger partial charge < -0.3 is 24.8 Å². The Balaban J connectivity index is 0.000000411. The quantitative estimate of drug-likeness (QED) is 0.546. The average molecular weight is 491 g/mol. The molecule has 0 aromatic carbocycles. The van der Waals surface area contributed by atoms with Crippen molar-refractivity contribution in [2.24, 2.45) is 11.8 Å². The van der Waals surface area contributed by atoms with E-state index in [0.717, 1.165) is 11.8 Å². The Morgan fingerprint density at radius 1 is 0.720 bits per heavy atom. The van der Waals surface area contributed by atoms with Gasteiger partial charge in [0.2, 0.25) is 0 Å². The molecule has 2 aliphatic carbocycles. The molecule has 0 radical (unpaired) electrons. The van der Waals surface area contributed by atoms with Crippen LogP contribution in [0.3, 0.4) is 0 Å². The van der Waals surface area contributed by atoms with Crippen molar-refractivity contribution < 1.29 is 51.0 Å². The third-order valence-electron chi connectivity index (χ3n) is 4.14. The fraction of sp³-hybridized carbons (Fsp3) is 0.400. The first kappa shape index (κ1) is 25.6. The molecule has 2 aliphatic heterocycles. The summed E-state index contributed by atoms with van der Waals surface area (Å²) < 4.78 is 0. The molecule has 134 valence electrons. The van der Waals surface area contributed by atoms with Gasteiger partial charge >= 0.3 is 26.2 Å². The van der Waals surface area contributed by atoms with E-state index in [2.05, 4.69) is 76.3 Å². The number of hydrogen-bond donors (Lipinski definition) is 0. The summed E-state index contributed by atoms with van der Waals surface area (Å²) in [7, 11) is 0. The molecule has 2 atom stereocenters. The zero-order valence-corrected chi connectivity index (χ0v) is 20.6. The molecule has 5 heteroatoms. The SMILES string of the molecule is CC(C)C1C=C2C=CC=C2S1.CC(C)C1C=C2C=CC=C2S1.[Cl-].[Cl-].[Zr+2]. The Hall–Kier alpha value is 0.603. The predicted molar refractivity (Wildman–Crippen MR) is 103 cm³/mol. The van der Waals surface area contributed by atoms with Gasteiger partial charge in [0.15, 0.2) is 0 Å². The Morgan fingerprint density at radius 2 is 1.08 bits per heavy atom. The maximum absolute atomic E-state index is 2.38. The number of rotatable bonds is 2. The molecule has 0 N–H and O–H groups in total. The van der Waals surface area contributed by atoms with Gasteiger partial charge in [0.25, 0.3) is 0 Å². The molecule has 0 saturated heterocycles. The maximum atomic E-state index is 2.38. The van der Waals surface area contributed by atoms with Crippen molar-refractivity contribution in [3.8, 4) is 0 Å². The van der Waals surface area contributed by atoms with Crippen molar-refractivity contribution in [2.75, 3.05) is 0 Å². The summed E-state index contributed by atoms with van der Waals surface area (Å²) in [5, 5.41) is 1.42. The molecule has 0 aromatic rings. The van der Waals surface area contributed by atoms with E-state index >= 15 is 0 Å². The summed E-state index contributed by atoms with van der Waals surface area (Å²) in [5.41, 5.74) is 2.88. The maximum Gasteiger partial charge on any atom is 2.00 e. The van der Waals surface area contributed by atoms with Crippen molar-refractivity contribution in [3.63, 3.8) is 0 Å². The van der Waals surface area contributed by atoms with E-state index in [1.54, 1.807) is 0 Å². The molecule has 0 aromatic heterocycles. The van der Waals surface area contributed by atoms with Crippen LogP contribution in [0, 0.1) is 11.8 Å². The van der Waals surface area contributed by atoms with Crippen LogP contribution in [0.15, 0.2) is 69.6 Å². The van der Waals surface area contributed by atoms with E-state index in [-0.39, 0.29) is 51.0 Å². The van der Waals surface area contributed by atoms with Crippen LogP contribution in [0.4, 0.5) is 0 Å². The molecule has 25 heavy (non-hydrogen) atoms. The topological polar surface area (TPSA) is 0 Å². The first-order valence-corrected chi connectivity index (χ1v) is 9.85. The fourth-order valence-electron chi connectivity index (χ4n) is 2.70. The van der Waals surface area contributed by atoms with Crippen molar-refractivity contribution in [2.45, 2.75) is 38.2 Å². The molecule has 0 amide bonds. The van der Waals surface area contributed by atoms with Gasteiger partial charge in [-0.1, -0.05) is 64.2 Å². The normalized spacial score (nSPS) is 24.1. The molecule has 4 rings (SSSR count). The number of allylic oxidation sites excluding steroid dienone is 8. The average Bonchev–Trinajstić information content (AvgIpc) is 3.18. The van der Waals surface area contributed by atoms with Gasteiger partial charge in [-0.3, -0.25) is 0 Å². The minimum Gasteiger partial charge on any atom is -1.00 e. The smallest absolute Gasteiger partial charge is 1.00 e. The molecule has 0 fully saturated rings. The number of fused-ring (bicyclic) bond motifs is 2. The molecule has 0 spiro atoms. The standard InChI is InChI=1S/2C10H12S.2ClH.Zr/c2*1-7(2)10-6-8-4-3-5-9(8)11-10;;;/h2*3-7,10H,1-2H3;2*1H;/q;;;;+2/p-2. The summed E-state index contributed by atoms with van der Waals surface area (Å²) in [4.78, 5) is 2.92. The molecule has 0 bridgehead atoms. The van der Waals surface area contributed by atoms with Crippen molar-refractivity contribution in [3.05, 3.63) is 69.6 Å². The van der Waals surface area contributed by atoms with Crippen LogP contribution in [-0.2, 0) is 26.2 Å². The second kappa shape index (κ2) is 11.4. The molecule has 2 unspecified atom stereocenters. The summed E-state index contributed by atoms with van der Waals surface area (Å²) >= 11 is 3.99. The Morgan fingerprint density at radius 3 is 1.36 bits per heavy atom. The van der Waals surface area contributed by atoms with Crippen LogP contribution in [0.1, 0.15) is 27.7 Å². The van der Waals surface area contributed by atoms with Gasteiger partial charge in [0.05, 0.1) is 0 Å². The minimum atomic E-state index is 0. The molecular weight excluding hydrogens is 466 g/mol. The zero-order valence-electron chi connectivity index (χ0n) is 15.0. The summed E-state index contributed by atoms with van der Waals surface area (Å²) in [6, 6.07) is 0. The third kappa shape index (κ3) is 6.32. The summed E-state index contributed by atoms with van der Waals surface area (Å²) in [5.74, 6) is 1.51. The Bertz CT molecular complexity index is 584. The van der Waals surface area contributed by atoms with E-state index in [1.807, 2.05) is 23.5 Å². The Kier molecular flexibility index (Phi) is 11.7. The van der Waals surface area contributed by atoms with Crippen LogP contribution < -0.4 is 24.8 Å². The second-order valence-electron chi connectivity index (χ2n) is 6.68. The number of halogens is 2. The Labute approximate surface area is 192 Å². The van der Waals surface area contributed by atoms with Gasteiger partial charge in [-0.15, -0.1) is 23.5 Å². The zero-order chi connectivity index (χ0) is 15.7. The van der Waals surface area contributed by atoms with E-state index in [1.165, 1.54) is 21.0 Å². The van der Waals surface area contributed by atoms with E-state index < -0.39 is 0 Å². The van der Waals surface area contributed by atoms with Gasteiger partial charge in [0, 0.05) is 20.3 Å². The number of thioether (sulfide) groups is 2. The second-order valence-corrected chi connectivity index (χ2v) is 9.12. The summed E-state index contributed by atoms with van der Waals surface area (Å²) in [6.45, 7) is 9.11. The van der Waals surface area contributed by atoms with Gasteiger partial charge in [-0.2, -0.15) is 0 Å². The first-order valence-electron chi connectivity index (χ1n) is 8.09. The molecule has 0 nitrogen and oxygen atoms in total. The van der Waals surface area contributed by atoms with Gasteiger partial charge in [-0.05, 0) is 35.1 Å². The number of hydrogen-bond acceptors (Lipinski definition) is 2. The summed E-state index contributed by atoms with van der Waals surface area (Å²) in [6.07, 6.45) is 17.8. The van der Waals surface area contributed by atoms with E-state index in [4.69, 9.17) is 0 Å². The third-order valence-corrected chi connectivity index (χ3v) is 7.30. The minimum absolute atomic E-state index is 0. The first-order chi connectivity index (χ1) is 10.5. The van der Waals surface area contributed by atoms with Crippen LogP contribution in [0.25, 0.3) is 0 Å². The fourth-order valence-corrected chi connectivity index (χ4v) is 5.12. The molecule has 2 heterocycles. The predicted octanol–water partition coefficient (Wildman–Crippen LogP) is 0.281. The van der Waals surface area contributed by atoms with Gasteiger partial charge in [-0.25, -0.2) is 0 Å². The molecule has 0 saturated carbocycles. The van der Waals surface area contributed by atoms with Crippen molar-refractivity contribution in [1.29, 1.82) is 0 Å². The van der Waals surface area contributed by atoms with Crippen LogP contribution in [-0.4, -0.2) is 10.5 Å². The molecular formula is C20H24Cl2S2Zr. The van der Waals surface area contributed by atoms with Crippen molar-refractivity contribution in [1.82, 2.24) is 0 Å². The van der Waals surface area contributed by atoms with Crippen LogP contribution in [0.2, 0.25) is 0 Å². The van der Waals surface area contributed by atoms with Crippen LogP contribution >= 0.6 is 23.5 Å².